The third-order valence-corrected chi connectivity index (χ3v) is 12.8. The van der Waals surface area contributed by atoms with E-state index in [-0.39, 0.29) is 0 Å². The smallest absolute Gasteiger partial charge is 0.298 e. The van der Waals surface area contributed by atoms with Crippen LogP contribution in [0.3, 0.4) is 0 Å². The minimum atomic E-state index is -7.63. The maximum atomic E-state index is 16.8. The summed E-state index contributed by atoms with van der Waals surface area (Å²) in [5.41, 5.74) is -70.8. The number of rotatable bonds is 10. The number of ketones is 3. The second-order valence-corrected chi connectivity index (χ2v) is 18.3. The van der Waals surface area contributed by atoms with E-state index in [0.717, 1.165) is 0 Å². The molecule has 0 aromatic heterocycles. The predicted octanol–water partition coefficient (Wildman–Crippen LogP) is 19.6. The van der Waals surface area contributed by atoms with Crippen LogP contribution >= 0.6 is 0 Å². The van der Waals surface area contributed by atoms with Gasteiger partial charge in [-0.25, -0.2) is 87.8 Å². The Hall–Kier alpha value is -8.75. The van der Waals surface area contributed by atoms with Crippen molar-refractivity contribution in [3.8, 4) is 0 Å². The van der Waals surface area contributed by atoms with Crippen molar-refractivity contribution in [2.75, 3.05) is 0 Å². The van der Waals surface area contributed by atoms with Gasteiger partial charge in [0.2, 0.25) is 11.6 Å². The number of carbonyl (C=O) groups is 3. The first-order valence-electron chi connectivity index (χ1n) is 22.7. The van der Waals surface area contributed by atoms with Crippen LogP contribution in [0.4, 0.5) is 193 Å². The van der Waals surface area contributed by atoms with Crippen LogP contribution in [-0.4, -0.2) is 17.3 Å². The Morgan fingerprint density at radius 3 is 0.448 bits per heavy atom. The molecule has 0 radical (unpaired) electrons. The highest BCUT2D eigenvalue weighted by Crippen LogP contribution is 2.54. The van der Waals surface area contributed by atoms with E-state index in [4.69, 9.17) is 0 Å². The summed E-state index contributed by atoms with van der Waals surface area (Å²) >= 11 is 0. The van der Waals surface area contributed by atoms with E-state index in [0.29, 0.717) is 0 Å². The maximum Gasteiger partial charge on any atom is 0.422 e. The molecule has 0 aliphatic heterocycles. The molecule has 0 aliphatic rings. The van der Waals surface area contributed by atoms with Gasteiger partial charge in [0.05, 0.1) is 23.0 Å². The minimum absolute atomic E-state index is 4.06. The van der Waals surface area contributed by atoms with Crippen molar-refractivity contribution < 1.29 is 208 Å². The van der Waals surface area contributed by atoms with Crippen LogP contribution in [0.1, 0.15) is 110 Å². The van der Waals surface area contributed by atoms with Crippen molar-refractivity contribution in [2.45, 2.75) is 61.2 Å². The standard InChI is InChI=1S/C49H2F44O3/c50-19-3(20(51)12(43(73,74)75)35(66)11(19)42(70,71)72)1(5-27(58)31(62)9(32(63)28(5)59)40(95)7-23(54)15(46(82,83)84)37(68)16(24(7)55)47(85,86)87)39(94)2(4-21(52)13(44(76,77)78)36(67)14(22(4)53)45(79,80)81)6-29(60)33(64)10(34(65)30(6)61)41(96)8-25(56)17(48(88,89)90)38(69)18(26(8)57)49(91,92)93/h1-2H. The Labute approximate surface area is 491 Å². The lowest BCUT2D eigenvalue weighted by Crippen LogP contribution is -2.34. The molecule has 0 N–H and O–H groups in total. The zero-order valence-corrected chi connectivity index (χ0v) is 42.5. The molecule has 0 heterocycles. The minimum Gasteiger partial charge on any atom is -0.298 e. The molecule has 6 aromatic carbocycles. The van der Waals surface area contributed by atoms with Crippen molar-refractivity contribution in [3.63, 3.8) is 0 Å². The fourth-order valence-corrected chi connectivity index (χ4v) is 9.07. The normalized spacial score (nSPS) is 13.9. The van der Waals surface area contributed by atoms with Crippen LogP contribution in [0.15, 0.2) is 0 Å². The molecule has 2 unspecified atom stereocenters. The van der Waals surface area contributed by atoms with Gasteiger partial charge in [-0.2, -0.15) is 105 Å². The van der Waals surface area contributed by atoms with Gasteiger partial charge in [-0.15, -0.1) is 0 Å². The molecule has 0 aliphatic carbocycles. The predicted molar refractivity (Wildman–Crippen MR) is 213 cm³/mol. The molecule has 0 fully saturated rings. The molecule has 2 atom stereocenters. The van der Waals surface area contributed by atoms with E-state index < -0.39 is 284 Å². The fourth-order valence-electron chi connectivity index (χ4n) is 9.07. The summed E-state index contributed by atoms with van der Waals surface area (Å²) in [6, 6.07) is 0. The lowest BCUT2D eigenvalue weighted by molar-refractivity contribution is -0.153. The van der Waals surface area contributed by atoms with E-state index in [9.17, 15) is 124 Å². The lowest BCUT2D eigenvalue weighted by atomic mass is 9.73. The van der Waals surface area contributed by atoms with Gasteiger partial charge in [-0.3, -0.25) is 14.4 Å². The largest absolute Gasteiger partial charge is 0.422 e. The Kier molecular flexibility index (Phi) is 18.9. The number of carbonyl (C=O) groups excluding carboxylic acids is 3. The van der Waals surface area contributed by atoms with Gasteiger partial charge >= 0.3 is 49.4 Å². The molecule has 6 aromatic rings. The van der Waals surface area contributed by atoms with Gasteiger partial charge in [0.1, 0.15) is 78.9 Å². The Morgan fingerprint density at radius 1 is 0.177 bits per heavy atom. The molecule has 96 heavy (non-hydrogen) atoms. The second kappa shape index (κ2) is 23.8. The number of alkyl halides is 24. The second-order valence-electron chi connectivity index (χ2n) is 18.3. The summed E-state index contributed by atoms with van der Waals surface area (Å²) in [6.07, 6.45) is -59.1. The number of Topliss-reactive ketones (excluding diaryl/α,β-unsaturated/α-hetero) is 1. The van der Waals surface area contributed by atoms with Crippen LogP contribution in [0.5, 0.6) is 0 Å². The van der Waals surface area contributed by atoms with Crippen molar-refractivity contribution in [1.82, 2.24) is 0 Å². The van der Waals surface area contributed by atoms with E-state index in [2.05, 4.69) is 0 Å². The molecule has 0 amide bonds. The number of halogens is 44. The number of hydrogen-bond acceptors (Lipinski definition) is 3. The SMILES string of the molecule is O=C(c1c(F)c(F)c(C(C(=O)C(c2c(F)c(F)c(C(=O)c3c(F)c(C(F)(F)F)c(F)c(C(F)(F)F)c3F)c(F)c2F)c2c(F)c(C(F)(F)F)c(F)c(C(F)(F)F)c2F)c2c(F)c(C(F)(F)F)c(F)c(C(F)(F)F)c2F)c(F)c1F)c1c(F)c(C(F)(F)F)c(F)c(C(F)(F)F)c1F. The highest BCUT2D eigenvalue weighted by atomic mass is 19.4. The Balaban J connectivity index is 2.00. The van der Waals surface area contributed by atoms with Crippen LogP contribution in [-0.2, 0) is 54.2 Å². The summed E-state index contributed by atoms with van der Waals surface area (Å²) in [5, 5.41) is 0. The third kappa shape index (κ3) is 12.1. The quantitative estimate of drug-likeness (QED) is 0.0780. The van der Waals surface area contributed by atoms with Crippen LogP contribution < -0.4 is 0 Å². The van der Waals surface area contributed by atoms with Gasteiger partial charge in [-0.1, -0.05) is 0 Å². The molecule has 3 nitrogen and oxygen atoms in total. The molecule has 0 bridgehead atoms. The zero-order chi connectivity index (χ0) is 74.7. The first kappa shape index (κ1) is 76.3. The number of hydrogen-bond donors (Lipinski definition) is 0. The van der Waals surface area contributed by atoms with Gasteiger partial charge in [-0.05, 0) is 0 Å². The lowest BCUT2D eigenvalue weighted by Gasteiger charge is -2.30. The molecular formula is C49H2F44O3. The first-order chi connectivity index (χ1) is 42.9. The van der Waals surface area contributed by atoms with Crippen molar-refractivity contribution in [1.29, 1.82) is 0 Å². The fraction of sp³-hybridized carbons (Fsp3) is 0.204. The van der Waals surface area contributed by atoms with Gasteiger partial charge in [0, 0.05) is 22.3 Å². The first-order valence-corrected chi connectivity index (χ1v) is 22.7. The molecule has 524 valence electrons. The molecule has 0 saturated heterocycles. The van der Waals surface area contributed by atoms with Crippen LogP contribution in [0.25, 0.3) is 0 Å². The molecule has 0 spiro atoms. The number of benzene rings is 6. The van der Waals surface area contributed by atoms with E-state index in [1.54, 1.807) is 0 Å². The average Bonchev–Trinajstić information content (AvgIpc) is 0.726. The Bertz CT molecular complexity index is 3840. The summed E-state index contributed by atoms with van der Waals surface area (Å²) < 4.78 is 657. The topological polar surface area (TPSA) is 51.2 Å². The van der Waals surface area contributed by atoms with Gasteiger partial charge < -0.3 is 0 Å². The highest BCUT2D eigenvalue weighted by Gasteiger charge is 2.58. The average molecular weight is 1470 g/mol. The molecular weight excluding hydrogens is 1470 g/mol. The van der Waals surface area contributed by atoms with Gasteiger partial charge in [0.15, 0.2) is 98.9 Å². The monoisotopic (exact) mass is 1470 g/mol. The van der Waals surface area contributed by atoms with Crippen molar-refractivity contribution >= 4 is 17.3 Å². The summed E-state index contributed by atoms with van der Waals surface area (Å²) in [7, 11) is 0. The zero-order valence-electron chi connectivity index (χ0n) is 42.5. The van der Waals surface area contributed by atoms with Gasteiger partial charge in [0.25, 0.3) is 0 Å². The van der Waals surface area contributed by atoms with Crippen molar-refractivity contribution in [2.24, 2.45) is 0 Å². The van der Waals surface area contributed by atoms with Crippen molar-refractivity contribution in [3.05, 3.63) is 205 Å². The molecule has 0 saturated carbocycles. The Morgan fingerprint density at radius 2 is 0.302 bits per heavy atom. The van der Waals surface area contributed by atoms with Crippen LogP contribution in [0, 0.1) is 116 Å². The van der Waals surface area contributed by atoms with E-state index >= 15 is 83.8 Å². The molecule has 6 rings (SSSR count). The summed E-state index contributed by atoms with van der Waals surface area (Å²) in [6.45, 7) is 0. The molecule has 47 heteroatoms. The summed E-state index contributed by atoms with van der Waals surface area (Å²) in [5.74, 6) is -118. The summed E-state index contributed by atoms with van der Waals surface area (Å²) in [4.78, 5) is 41.5. The third-order valence-electron chi connectivity index (χ3n) is 12.8. The highest BCUT2D eigenvalue weighted by molar-refractivity contribution is 6.11. The maximum absolute atomic E-state index is 16.8. The van der Waals surface area contributed by atoms with E-state index in [1.807, 2.05) is 0 Å². The van der Waals surface area contributed by atoms with E-state index in [1.165, 1.54) is 0 Å². The van der Waals surface area contributed by atoms with Crippen LogP contribution in [0.2, 0.25) is 0 Å².